The number of Topliss-reactive ketones (excluding diaryl/α,β-unsaturated/α-hetero) is 5. The molecule has 7 nitrogen and oxygen atoms in total. The molecule has 0 spiro atoms. The van der Waals surface area contributed by atoms with E-state index in [1.807, 2.05) is 19.1 Å². The summed E-state index contributed by atoms with van der Waals surface area (Å²) in [5.41, 5.74) is -2.01. The van der Waals surface area contributed by atoms with Gasteiger partial charge in [-0.15, -0.1) is 0 Å². The fourth-order valence-corrected chi connectivity index (χ4v) is 10.3. The number of aliphatic hydroxyl groups is 1. The van der Waals surface area contributed by atoms with Crippen molar-refractivity contribution in [1.29, 1.82) is 0 Å². The van der Waals surface area contributed by atoms with E-state index in [9.17, 15) is 34.2 Å². The lowest BCUT2D eigenvalue weighted by molar-refractivity contribution is -0.205. The molecule has 7 heteroatoms. The quantitative estimate of drug-likeness (QED) is 0.395. The summed E-state index contributed by atoms with van der Waals surface area (Å²) >= 11 is 0. The van der Waals surface area contributed by atoms with Crippen molar-refractivity contribution in [3.05, 3.63) is 64.7 Å². The van der Waals surface area contributed by atoms with Crippen LogP contribution in [0.5, 0.6) is 5.75 Å². The molecule has 2 aromatic carbocycles. The maximum absolute atomic E-state index is 14.5. The number of aromatic hydroxyl groups is 1. The number of phenols is 1. The lowest BCUT2D eigenvalue weighted by Gasteiger charge is -2.62. The SMILES string of the molecule is CC(=O)C1C(=O)C(C(C)C)[C@@]2(C)C[C@@]3(C)Cc4c(CC5CCC(Cc6ccccc6)CC5)ccc(O)c4C(=O)C3C(=O)[C@@]2(O)C1=O. The summed E-state index contributed by atoms with van der Waals surface area (Å²) in [5.74, 6) is -7.50. The second-order valence-corrected chi connectivity index (χ2v) is 15.7. The van der Waals surface area contributed by atoms with Crippen molar-refractivity contribution in [2.45, 2.75) is 91.6 Å². The molecule has 4 aliphatic carbocycles. The molecular weight excluding hydrogens is 580 g/mol. The van der Waals surface area contributed by atoms with Crippen LogP contribution in [-0.2, 0) is 38.4 Å². The second kappa shape index (κ2) is 11.4. The zero-order chi connectivity index (χ0) is 33.3. The Balaban J connectivity index is 1.33. The van der Waals surface area contributed by atoms with Crippen molar-refractivity contribution in [3.8, 4) is 5.75 Å². The smallest absolute Gasteiger partial charge is 0.190 e. The van der Waals surface area contributed by atoms with Gasteiger partial charge in [-0.25, -0.2) is 0 Å². The first-order valence-corrected chi connectivity index (χ1v) is 16.9. The number of benzene rings is 2. The molecule has 3 fully saturated rings. The number of hydrogen-bond donors (Lipinski definition) is 2. The molecule has 0 amide bonds. The van der Waals surface area contributed by atoms with Gasteiger partial charge in [-0.2, -0.15) is 0 Å². The number of carbonyl (C=O) groups excluding carboxylic acids is 5. The molecular formula is C39H46O7. The zero-order valence-electron chi connectivity index (χ0n) is 27.6. The molecule has 2 N–H and O–H groups in total. The highest BCUT2D eigenvalue weighted by Gasteiger charge is 2.76. The number of phenolic OH excluding ortho intramolecular Hbond substituents is 1. The Hall–Kier alpha value is -3.45. The zero-order valence-corrected chi connectivity index (χ0v) is 27.6. The standard InChI is InChI=1S/C39H46O7/c1-21(2)31-33(42)29(22(3)40)35(44)39(46)36(45)32-34(43)30-27(19-37(32,4)20-38(31,39)5)26(15-16-28(30)41)18-25-13-11-24(12-14-25)17-23-9-7-6-8-10-23/h6-10,15-16,21,24-25,29,31-32,41,46H,11-14,17-20H2,1-5H3/t24?,25?,29?,31?,32?,37-,38-,39+/m1/s1. The third-order valence-electron chi connectivity index (χ3n) is 12.2. The third-order valence-corrected chi connectivity index (χ3v) is 12.2. The first kappa shape index (κ1) is 32.5. The number of fused-ring (bicyclic) bond motifs is 3. The van der Waals surface area contributed by atoms with Crippen LogP contribution in [0, 0.1) is 46.3 Å². The number of carbonyl (C=O) groups is 5. The fourth-order valence-electron chi connectivity index (χ4n) is 10.3. The topological polar surface area (TPSA) is 126 Å². The van der Waals surface area contributed by atoms with Crippen LogP contribution < -0.4 is 0 Å². The minimum atomic E-state index is -2.67. The number of ketones is 5. The maximum Gasteiger partial charge on any atom is 0.190 e. The minimum Gasteiger partial charge on any atom is -0.507 e. The summed E-state index contributed by atoms with van der Waals surface area (Å²) in [6.45, 7) is 8.17. The maximum atomic E-state index is 14.5. The molecule has 0 radical (unpaired) electrons. The largest absolute Gasteiger partial charge is 0.507 e. The third kappa shape index (κ3) is 4.75. The van der Waals surface area contributed by atoms with Crippen LogP contribution in [0.1, 0.15) is 93.8 Å². The Morgan fingerprint density at radius 1 is 0.891 bits per heavy atom. The second-order valence-electron chi connectivity index (χ2n) is 15.7. The van der Waals surface area contributed by atoms with Gasteiger partial charge in [-0.3, -0.25) is 24.0 Å². The number of hydrogen-bond acceptors (Lipinski definition) is 7. The Morgan fingerprint density at radius 2 is 1.50 bits per heavy atom. The molecule has 4 aliphatic rings. The van der Waals surface area contributed by atoms with Gasteiger partial charge in [0.2, 0.25) is 0 Å². The van der Waals surface area contributed by atoms with Gasteiger partial charge in [-0.1, -0.05) is 64.1 Å². The first-order valence-electron chi connectivity index (χ1n) is 16.9. The highest BCUT2D eigenvalue weighted by atomic mass is 16.3. The highest BCUT2D eigenvalue weighted by molar-refractivity contribution is 6.32. The van der Waals surface area contributed by atoms with Crippen LogP contribution in [0.3, 0.4) is 0 Å². The van der Waals surface area contributed by atoms with Gasteiger partial charge in [0.15, 0.2) is 28.7 Å². The summed E-state index contributed by atoms with van der Waals surface area (Å²) in [6.07, 6.45) is 6.61. The van der Waals surface area contributed by atoms with E-state index >= 15 is 0 Å². The fraction of sp³-hybridized carbons (Fsp3) is 0.564. The summed E-state index contributed by atoms with van der Waals surface area (Å²) in [7, 11) is 0. The molecule has 3 saturated carbocycles. The van der Waals surface area contributed by atoms with Gasteiger partial charge in [0.1, 0.15) is 17.5 Å². The van der Waals surface area contributed by atoms with E-state index in [4.69, 9.17) is 0 Å². The Bertz CT molecular complexity index is 1620. The number of rotatable bonds is 6. The molecule has 3 unspecified atom stereocenters. The van der Waals surface area contributed by atoms with Crippen LogP contribution in [-0.4, -0.2) is 44.7 Å². The van der Waals surface area contributed by atoms with Gasteiger partial charge in [0.05, 0.1) is 11.5 Å². The molecule has 6 atom stereocenters. The molecule has 46 heavy (non-hydrogen) atoms. The van der Waals surface area contributed by atoms with E-state index in [1.165, 1.54) is 11.6 Å². The van der Waals surface area contributed by atoms with Gasteiger partial charge < -0.3 is 10.2 Å². The van der Waals surface area contributed by atoms with Crippen LogP contribution in [0.2, 0.25) is 0 Å². The predicted octanol–water partition coefficient (Wildman–Crippen LogP) is 5.68. The van der Waals surface area contributed by atoms with Crippen molar-refractivity contribution >= 4 is 28.9 Å². The molecule has 2 aromatic rings. The van der Waals surface area contributed by atoms with Crippen molar-refractivity contribution in [3.63, 3.8) is 0 Å². The van der Waals surface area contributed by atoms with E-state index in [1.54, 1.807) is 20.8 Å². The lowest BCUT2D eigenvalue weighted by Crippen LogP contribution is -2.76. The van der Waals surface area contributed by atoms with E-state index < -0.39 is 63.1 Å². The van der Waals surface area contributed by atoms with E-state index in [-0.39, 0.29) is 23.7 Å². The molecule has 6 rings (SSSR count). The molecule has 0 bridgehead atoms. The Labute approximate surface area is 271 Å². The van der Waals surface area contributed by atoms with Crippen molar-refractivity contribution in [1.82, 2.24) is 0 Å². The first-order chi connectivity index (χ1) is 21.6. The van der Waals surface area contributed by atoms with E-state index in [0.29, 0.717) is 18.3 Å². The predicted molar refractivity (Wildman–Crippen MR) is 172 cm³/mol. The molecule has 0 aliphatic heterocycles. The monoisotopic (exact) mass is 626 g/mol. The van der Waals surface area contributed by atoms with Crippen molar-refractivity contribution in [2.75, 3.05) is 0 Å². The highest BCUT2D eigenvalue weighted by Crippen LogP contribution is 2.64. The van der Waals surface area contributed by atoms with Crippen LogP contribution in [0.4, 0.5) is 0 Å². The molecule has 244 valence electrons. The summed E-state index contributed by atoms with van der Waals surface area (Å²) in [4.78, 5) is 69.0. The lowest BCUT2D eigenvalue weighted by atomic mass is 9.40. The average molecular weight is 627 g/mol. The normalized spacial score (nSPS) is 35.8. The Kier molecular flexibility index (Phi) is 8.02. The molecule has 0 saturated heterocycles. The average Bonchev–Trinajstić information content (AvgIpc) is 2.97. The Morgan fingerprint density at radius 3 is 2.09 bits per heavy atom. The van der Waals surface area contributed by atoms with Crippen molar-refractivity contribution in [2.24, 2.45) is 46.3 Å². The molecule has 0 heterocycles. The summed E-state index contributed by atoms with van der Waals surface area (Å²) in [6, 6.07) is 14.0. The molecule has 0 aromatic heterocycles. The minimum absolute atomic E-state index is 0.0722. The van der Waals surface area contributed by atoms with E-state index in [2.05, 4.69) is 24.3 Å². The van der Waals surface area contributed by atoms with Gasteiger partial charge >= 0.3 is 0 Å². The van der Waals surface area contributed by atoms with Gasteiger partial charge in [0, 0.05) is 11.3 Å². The van der Waals surface area contributed by atoms with Crippen molar-refractivity contribution < 1.29 is 34.2 Å². The van der Waals surface area contributed by atoms with Crippen LogP contribution >= 0.6 is 0 Å². The van der Waals surface area contributed by atoms with E-state index in [0.717, 1.165) is 56.6 Å². The van der Waals surface area contributed by atoms with Gasteiger partial charge in [0.25, 0.3) is 0 Å². The van der Waals surface area contributed by atoms with Crippen LogP contribution in [0.25, 0.3) is 0 Å². The van der Waals surface area contributed by atoms with Crippen LogP contribution in [0.15, 0.2) is 42.5 Å². The van der Waals surface area contributed by atoms with Gasteiger partial charge in [-0.05, 0) is 104 Å². The summed E-state index contributed by atoms with van der Waals surface area (Å²) < 4.78 is 0. The summed E-state index contributed by atoms with van der Waals surface area (Å²) in [5, 5.41) is 23.2.